The maximum absolute atomic E-state index is 12.1. The molecule has 19 heavy (non-hydrogen) atoms. The Morgan fingerprint density at radius 3 is 2.63 bits per heavy atom. The van der Waals surface area contributed by atoms with Crippen LogP contribution in [0.2, 0.25) is 4.34 Å². The first-order chi connectivity index (χ1) is 8.88. The molecule has 0 radical (unpaired) electrons. The summed E-state index contributed by atoms with van der Waals surface area (Å²) in [4.78, 5) is 0.981. The van der Waals surface area contributed by atoms with Crippen molar-refractivity contribution in [3.63, 3.8) is 0 Å². The van der Waals surface area contributed by atoms with Gasteiger partial charge in [-0.25, -0.2) is 13.1 Å². The third kappa shape index (κ3) is 3.70. The van der Waals surface area contributed by atoms with Gasteiger partial charge in [0.15, 0.2) is 0 Å². The van der Waals surface area contributed by atoms with Crippen LogP contribution in [-0.4, -0.2) is 8.42 Å². The number of benzene rings is 1. The van der Waals surface area contributed by atoms with Crippen LogP contribution in [-0.2, 0) is 16.6 Å². The quantitative estimate of drug-likeness (QED) is 0.799. The topological polar surface area (TPSA) is 72.2 Å². The van der Waals surface area contributed by atoms with E-state index in [1.807, 2.05) is 0 Å². The fourth-order valence-electron chi connectivity index (χ4n) is 1.39. The first-order valence-electron chi connectivity index (χ1n) is 5.17. The summed E-state index contributed by atoms with van der Waals surface area (Å²) in [6, 6.07) is 8.02. The maximum Gasteiger partial charge on any atom is 0.240 e. The largest absolute Gasteiger partial charge is 0.398 e. The molecule has 3 N–H and O–H groups in total. The van der Waals surface area contributed by atoms with E-state index < -0.39 is 10.0 Å². The number of rotatable bonds is 4. The predicted octanol–water partition coefficient (Wildman–Crippen LogP) is 3.22. The summed E-state index contributed by atoms with van der Waals surface area (Å²) in [6.45, 7) is 0.204. The molecule has 2 aromatic rings. The van der Waals surface area contributed by atoms with Crippen molar-refractivity contribution < 1.29 is 8.42 Å². The molecule has 1 aromatic heterocycles. The molecule has 4 nitrogen and oxygen atoms in total. The molecule has 8 heteroatoms. The van der Waals surface area contributed by atoms with Gasteiger partial charge in [0.05, 0.1) is 9.23 Å². The summed E-state index contributed by atoms with van der Waals surface area (Å²) in [5.74, 6) is 0. The molecular formula is C11H10BrClN2O2S2. The number of nitrogens with two attached hydrogens (primary N) is 1. The number of nitrogens with one attached hydrogen (secondary N) is 1. The van der Waals surface area contributed by atoms with Crippen molar-refractivity contribution >= 4 is 54.6 Å². The molecule has 0 spiro atoms. The summed E-state index contributed by atoms with van der Waals surface area (Å²) >= 11 is 10.3. The van der Waals surface area contributed by atoms with Gasteiger partial charge >= 0.3 is 0 Å². The Bertz CT molecular complexity index is 700. The van der Waals surface area contributed by atoms with Gasteiger partial charge in [0.25, 0.3) is 0 Å². The molecule has 0 aliphatic heterocycles. The average Bonchev–Trinajstić information content (AvgIpc) is 2.76. The molecule has 0 aliphatic rings. The number of sulfonamides is 1. The third-order valence-electron chi connectivity index (χ3n) is 2.34. The fourth-order valence-corrected chi connectivity index (χ4v) is 3.79. The Morgan fingerprint density at radius 2 is 2.05 bits per heavy atom. The summed E-state index contributed by atoms with van der Waals surface area (Å²) in [5.41, 5.74) is 6.05. The van der Waals surface area contributed by atoms with Gasteiger partial charge in [-0.3, -0.25) is 0 Å². The number of hydrogen-bond acceptors (Lipinski definition) is 4. The highest BCUT2D eigenvalue weighted by atomic mass is 79.9. The van der Waals surface area contributed by atoms with E-state index in [-0.39, 0.29) is 11.4 Å². The smallest absolute Gasteiger partial charge is 0.240 e. The Hall–Kier alpha value is -0.600. The minimum absolute atomic E-state index is 0.135. The number of thiophene rings is 1. The molecule has 1 aromatic carbocycles. The first kappa shape index (κ1) is 14.8. The van der Waals surface area contributed by atoms with E-state index in [1.54, 1.807) is 18.2 Å². The second-order valence-corrected chi connectivity index (χ2v) is 8.13. The lowest BCUT2D eigenvalue weighted by Crippen LogP contribution is -2.22. The highest BCUT2D eigenvalue weighted by Gasteiger charge is 2.15. The Labute approximate surface area is 128 Å². The zero-order valence-corrected chi connectivity index (χ0v) is 13.5. The number of anilines is 1. The molecule has 0 amide bonds. The van der Waals surface area contributed by atoms with Gasteiger partial charge in [-0.05, 0) is 46.3 Å². The Kier molecular flexibility index (Phi) is 4.52. The number of hydrogen-bond donors (Lipinski definition) is 2. The molecule has 0 saturated carbocycles. The highest BCUT2D eigenvalue weighted by molar-refractivity contribution is 9.10. The highest BCUT2D eigenvalue weighted by Crippen LogP contribution is 2.24. The molecule has 0 bridgehead atoms. The molecule has 102 valence electrons. The van der Waals surface area contributed by atoms with E-state index in [2.05, 4.69) is 20.7 Å². The molecule has 0 fully saturated rings. The van der Waals surface area contributed by atoms with E-state index in [0.29, 0.717) is 14.5 Å². The van der Waals surface area contributed by atoms with Crippen LogP contribution < -0.4 is 10.5 Å². The normalized spacial score (nSPS) is 11.7. The molecule has 2 rings (SSSR count). The van der Waals surface area contributed by atoms with Crippen LogP contribution in [0.1, 0.15) is 4.88 Å². The van der Waals surface area contributed by atoms with Crippen molar-refractivity contribution in [2.75, 3.05) is 5.73 Å². The predicted molar refractivity (Wildman–Crippen MR) is 81.9 cm³/mol. The fraction of sp³-hybridized carbons (Fsp3) is 0.0909. The van der Waals surface area contributed by atoms with Gasteiger partial charge in [-0.2, -0.15) is 0 Å². The van der Waals surface area contributed by atoms with Crippen molar-refractivity contribution in [3.05, 3.63) is 44.0 Å². The minimum atomic E-state index is -3.58. The molecule has 0 saturated heterocycles. The molecule has 0 atom stereocenters. The lowest BCUT2D eigenvalue weighted by atomic mass is 10.3. The van der Waals surface area contributed by atoms with Crippen molar-refractivity contribution in [1.82, 2.24) is 4.72 Å². The molecule has 0 aliphatic carbocycles. The lowest BCUT2D eigenvalue weighted by molar-refractivity contribution is 0.582. The van der Waals surface area contributed by atoms with Crippen LogP contribution >= 0.6 is 38.9 Å². The first-order valence-corrected chi connectivity index (χ1v) is 8.64. The molecule has 0 unspecified atom stereocenters. The average molecular weight is 382 g/mol. The van der Waals surface area contributed by atoms with Crippen LogP contribution in [0.5, 0.6) is 0 Å². The summed E-state index contributed by atoms with van der Waals surface area (Å²) in [5, 5.41) is 0. The zero-order chi connectivity index (χ0) is 14.0. The molecular weight excluding hydrogens is 372 g/mol. The maximum atomic E-state index is 12.1. The summed E-state index contributed by atoms with van der Waals surface area (Å²) in [7, 11) is -3.58. The second-order valence-electron chi connectivity index (χ2n) is 3.71. The van der Waals surface area contributed by atoms with Crippen LogP contribution in [0.15, 0.2) is 39.7 Å². The third-order valence-corrected chi connectivity index (χ3v) is 5.70. The minimum Gasteiger partial charge on any atom is -0.398 e. The van der Waals surface area contributed by atoms with Gasteiger partial charge < -0.3 is 5.73 Å². The summed E-state index contributed by atoms with van der Waals surface area (Å²) in [6.07, 6.45) is 0. The number of nitrogen functional groups attached to an aromatic ring is 1. The van der Waals surface area contributed by atoms with Gasteiger partial charge in [0, 0.05) is 21.6 Å². The van der Waals surface area contributed by atoms with E-state index in [1.165, 1.54) is 23.5 Å². The van der Waals surface area contributed by atoms with Gasteiger partial charge in [0.1, 0.15) is 0 Å². The lowest BCUT2D eigenvalue weighted by Gasteiger charge is -2.07. The summed E-state index contributed by atoms with van der Waals surface area (Å²) < 4.78 is 27.9. The van der Waals surface area contributed by atoms with E-state index in [4.69, 9.17) is 17.3 Å². The SMILES string of the molecule is Nc1cc(S(=O)(=O)NCc2ccc(Cl)s2)ccc1Br. The van der Waals surface area contributed by atoms with Crippen LogP contribution in [0.3, 0.4) is 0 Å². The van der Waals surface area contributed by atoms with Crippen molar-refractivity contribution in [2.45, 2.75) is 11.4 Å². The van der Waals surface area contributed by atoms with Crippen LogP contribution in [0, 0.1) is 0 Å². The van der Waals surface area contributed by atoms with Crippen molar-refractivity contribution in [1.29, 1.82) is 0 Å². The molecule has 1 heterocycles. The van der Waals surface area contributed by atoms with Crippen LogP contribution in [0.25, 0.3) is 0 Å². The van der Waals surface area contributed by atoms with E-state index in [0.717, 1.165) is 4.88 Å². The standard InChI is InChI=1S/C11H10BrClN2O2S2/c12-9-3-2-8(5-10(9)14)19(16,17)15-6-7-1-4-11(13)18-7/h1-5,15H,6,14H2. The van der Waals surface area contributed by atoms with Gasteiger partial charge in [-0.1, -0.05) is 11.6 Å². The number of halogens is 2. The Balaban J connectivity index is 2.16. The van der Waals surface area contributed by atoms with Gasteiger partial charge in [0.2, 0.25) is 10.0 Å². The van der Waals surface area contributed by atoms with Crippen molar-refractivity contribution in [2.24, 2.45) is 0 Å². The zero-order valence-electron chi connectivity index (χ0n) is 9.56. The van der Waals surface area contributed by atoms with Crippen LogP contribution in [0.4, 0.5) is 5.69 Å². The van der Waals surface area contributed by atoms with E-state index >= 15 is 0 Å². The Morgan fingerprint density at radius 1 is 1.32 bits per heavy atom. The van der Waals surface area contributed by atoms with E-state index in [9.17, 15) is 8.42 Å². The van der Waals surface area contributed by atoms with Gasteiger partial charge in [-0.15, -0.1) is 11.3 Å². The second kappa shape index (κ2) is 5.80. The van der Waals surface area contributed by atoms with Crippen molar-refractivity contribution in [3.8, 4) is 0 Å². The monoisotopic (exact) mass is 380 g/mol.